The lowest BCUT2D eigenvalue weighted by atomic mass is 10.4. The number of hydrogen-bond acceptors (Lipinski definition) is 4. The van der Waals surface area contributed by atoms with Gasteiger partial charge >= 0.3 is 0 Å². The van der Waals surface area contributed by atoms with Crippen LogP contribution in [0.4, 0.5) is 0 Å². The van der Waals surface area contributed by atoms with Gasteiger partial charge in [0.2, 0.25) is 5.29 Å². The Kier molecular flexibility index (Phi) is 1.29. The van der Waals surface area contributed by atoms with Crippen LogP contribution < -0.4 is 5.43 Å². The molecule has 2 aliphatic heterocycles. The van der Waals surface area contributed by atoms with Crippen molar-refractivity contribution in [3.8, 4) is 0 Å². The molecule has 0 spiro atoms. The maximum atomic E-state index is 5.78. The topological polar surface area (TPSA) is 30.9 Å². The summed E-state index contributed by atoms with van der Waals surface area (Å²) in [6.45, 7) is 0. The summed E-state index contributed by atoms with van der Waals surface area (Å²) >= 11 is 5.78. The second-order valence-electron chi connectivity index (χ2n) is 2.24. The molecular formula is C6H7ClN4. The average molecular weight is 171 g/mol. The molecule has 2 heterocycles. The number of amidine groups is 1. The molecule has 0 saturated carbocycles. The van der Waals surface area contributed by atoms with Crippen LogP contribution in [0.25, 0.3) is 0 Å². The molecule has 0 saturated heterocycles. The molecule has 11 heavy (non-hydrogen) atoms. The van der Waals surface area contributed by atoms with Crippen molar-refractivity contribution >= 4 is 16.9 Å². The van der Waals surface area contributed by atoms with E-state index in [2.05, 4.69) is 10.5 Å². The molecule has 5 heteroatoms. The van der Waals surface area contributed by atoms with Gasteiger partial charge in [0.25, 0.3) is 0 Å². The summed E-state index contributed by atoms with van der Waals surface area (Å²) < 4.78 is 0. The van der Waals surface area contributed by atoms with Crippen LogP contribution in [-0.4, -0.2) is 22.4 Å². The normalized spacial score (nSPS) is 20.9. The van der Waals surface area contributed by atoms with Gasteiger partial charge in [-0.3, -0.25) is 5.43 Å². The quantitative estimate of drug-likeness (QED) is 0.541. The number of fused-ring (bicyclic) bond motifs is 1. The van der Waals surface area contributed by atoms with Crippen molar-refractivity contribution in [1.29, 1.82) is 0 Å². The molecule has 0 radical (unpaired) electrons. The number of halogens is 1. The number of rotatable bonds is 0. The zero-order valence-corrected chi connectivity index (χ0v) is 6.71. The first-order valence-electron chi connectivity index (χ1n) is 3.20. The lowest BCUT2D eigenvalue weighted by Gasteiger charge is -2.22. The third-order valence-corrected chi connectivity index (χ3v) is 1.77. The number of nitrogens with one attached hydrogen (secondary N) is 1. The molecule has 4 nitrogen and oxygen atoms in total. The minimum atomic E-state index is 0.433. The molecule has 0 aliphatic carbocycles. The fraction of sp³-hybridized carbons (Fsp3) is 0.167. The third kappa shape index (κ3) is 0.867. The molecule has 0 amide bonds. The van der Waals surface area contributed by atoms with Gasteiger partial charge in [-0.15, -0.1) is 5.10 Å². The molecular weight excluding hydrogens is 164 g/mol. The standard InChI is InChI=1S/C6H7ClN4/c1-10-5-3-2-4-8-11(5)6(7)9-10/h2-4,8H,1H3. The maximum absolute atomic E-state index is 5.78. The summed E-state index contributed by atoms with van der Waals surface area (Å²) in [5.74, 6) is 0.928. The van der Waals surface area contributed by atoms with Crippen LogP contribution in [0.15, 0.2) is 29.3 Å². The van der Waals surface area contributed by atoms with Crippen LogP contribution in [0.5, 0.6) is 0 Å². The van der Waals surface area contributed by atoms with Gasteiger partial charge in [0.05, 0.1) is 0 Å². The van der Waals surface area contributed by atoms with E-state index in [0.717, 1.165) is 5.82 Å². The predicted molar refractivity (Wildman–Crippen MR) is 43.2 cm³/mol. The number of hydrazone groups is 1. The first-order chi connectivity index (χ1) is 5.29. The van der Waals surface area contributed by atoms with E-state index in [0.29, 0.717) is 5.29 Å². The maximum Gasteiger partial charge on any atom is 0.242 e. The molecule has 0 bridgehead atoms. The van der Waals surface area contributed by atoms with E-state index >= 15 is 0 Å². The Morgan fingerprint density at radius 1 is 1.64 bits per heavy atom. The van der Waals surface area contributed by atoms with E-state index in [4.69, 9.17) is 11.6 Å². The summed E-state index contributed by atoms with van der Waals surface area (Å²) in [6.07, 6.45) is 5.61. The van der Waals surface area contributed by atoms with Gasteiger partial charge < -0.3 is 0 Å². The zero-order valence-electron chi connectivity index (χ0n) is 5.95. The molecule has 58 valence electrons. The van der Waals surface area contributed by atoms with Crippen molar-refractivity contribution in [2.45, 2.75) is 0 Å². The second-order valence-corrected chi connectivity index (χ2v) is 2.58. The summed E-state index contributed by atoms with van der Waals surface area (Å²) in [5, 5.41) is 7.84. The minimum absolute atomic E-state index is 0.433. The van der Waals surface area contributed by atoms with Crippen molar-refractivity contribution < 1.29 is 0 Å². The van der Waals surface area contributed by atoms with Gasteiger partial charge in [0.1, 0.15) is 0 Å². The summed E-state index contributed by atoms with van der Waals surface area (Å²) in [6, 6.07) is 0. The van der Waals surface area contributed by atoms with Crippen molar-refractivity contribution in [2.75, 3.05) is 7.05 Å². The zero-order chi connectivity index (χ0) is 7.84. The van der Waals surface area contributed by atoms with Crippen molar-refractivity contribution in [3.05, 3.63) is 24.2 Å². The van der Waals surface area contributed by atoms with Gasteiger partial charge in [0, 0.05) is 13.2 Å². The Morgan fingerprint density at radius 3 is 3.18 bits per heavy atom. The summed E-state index contributed by atoms with van der Waals surface area (Å²) in [4.78, 5) is 0. The van der Waals surface area contributed by atoms with Crippen LogP contribution in [0.2, 0.25) is 0 Å². The van der Waals surface area contributed by atoms with Crippen LogP contribution >= 0.6 is 11.6 Å². The second kappa shape index (κ2) is 2.17. The Balaban J connectivity index is 2.35. The van der Waals surface area contributed by atoms with Gasteiger partial charge in [0.15, 0.2) is 5.82 Å². The molecule has 2 aliphatic rings. The monoisotopic (exact) mass is 170 g/mol. The number of allylic oxidation sites excluding steroid dienone is 2. The Hall–Kier alpha value is -1.16. The summed E-state index contributed by atoms with van der Waals surface area (Å²) in [7, 11) is 1.84. The van der Waals surface area contributed by atoms with Crippen LogP contribution in [0.1, 0.15) is 0 Å². The van der Waals surface area contributed by atoms with E-state index in [1.54, 1.807) is 16.2 Å². The highest BCUT2D eigenvalue weighted by Gasteiger charge is 2.25. The number of hydrogen-bond donors (Lipinski definition) is 1. The highest BCUT2D eigenvalue weighted by Crippen LogP contribution is 2.19. The van der Waals surface area contributed by atoms with Crippen LogP contribution in [0.3, 0.4) is 0 Å². The van der Waals surface area contributed by atoms with E-state index in [1.807, 2.05) is 19.2 Å². The Labute approximate surface area is 69.4 Å². The van der Waals surface area contributed by atoms with Gasteiger partial charge in [-0.05, 0) is 23.8 Å². The SMILES string of the molecule is CN1N=C(Cl)N2NC=CC=C12. The Morgan fingerprint density at radius 2 is 2.45 bits per heavy atom. The summed E-state index contributed by atoms with van der Waals surface area (Å²) in [5.41, 5.74) is 2.94. The van der Waals surface area contributed by atoms with E-state index in [-0.39, 0.29) is 0 Å². The number of hydrazine groups is 1. The lowest BCUT2D eigenvalue weighted by Crippen LogP contribution is -2.36. The molecule has 0 fully saturated rings. The minimum Gasteiger partial charge on any atom is -0.298 e. The smallest absolute Gasteiger partial charge is 0.242 e. The van der Waals surface area contributed by atoms with Crippen molar-refractivity contribution in [2.24, 2.45) is 5.10 Å². The van der Waals surface area contributed by atoms with Crippen LogP contribution in [0, 0.1) is 0 Å². The fourth-order valence-electron chi connectivity index (χ4n) is 1.01. The number of nitrogens with zero attached hydrogens (tertiary/aromatic N) is 3. The highest BCUT2D eigenvalue weighted by molar-refractivity contribution is 6.64. The highest BCUT2D eigenvalue weighted by atomic mass is 35.5. The predicted octanol–water partition coefficient (Wildman–Crippen LogP) is 0.617. The van der Waals surface area contributed by atoms with E-state index in [9.17, 15) is 0 Å². The molecule has 0 aromatic rings. The van der Waals surface area contributed by atoms with Crippen molar-refractivity contribution in [3.63, 3.8) is 0 Å². The largest absolute Gasteiger partial charge is 0.298 e. The first-order valence-corrected chi connectivity index (χ1v) is 3.58. The Bertz CT molecular complexity index is 268. The first kappa shape index (κ1) is 6.54. The third-order valence-electron chi connectivity index (χ3n) is 1.52. The lowest BCUT2D eigenvalue weighted by molar-refractivity contribution is 0.336. The van der Waals surface area contributed by atoms with Gasteiger partial charge in [-0.2, -0.15) is 0 Å². The molecule has 0 atom stereocenters. The van der Waals surface area contributed by atoms with Crippen LogP contribution in [-0.2, 0) is 0 Å². The van der Waals surface area contributed by atoms with E-state index < -0.39 is 0 Å². The van der Waals surface area contributed by atoms with Crippen molar-refractivity contribution in [1.82, 2.24) is 15.4 Å². The molecule has 2 rings (SSSR count). The molecule has 0 aromatic heterocycles. The fourth-order valence-corrected chi connectivity index (χ4v) is 1.26. The molecule has 1 N–H and O–H groups in total. The van der Waals surface area contributed by atoms with Gasteiger partial charge in [-0.25, -0.2) is 10.0 Å². The molecule has 0 aromatic carbocycles. The molecule has 0 unspecified atom stereocenters. The average Bonchev–Trinajstić information content (AvgIpc) is 2.30. The van der Waals surface area contributed by atoms with E-state index in [1.165, 1.54) is 0 Å². The van der Waals surface area contributed by atoms with Gasteiger partial charge in [-0.1, -0.05) is 0 Å².